The third-order valence-electron chi connectivity index (χ3n) is 2.59. The lowest BCUT2D eigenvalue weighted by Gasteiger charge is -2.19. The molecule has 0 fully saturated rings. The van der Waals surface area contributed by atoms with Crippen LogP contribution in [0.5, 0.6) is 5.75 Å². The average Bonchev–Trinajstić information content (AvgIpc) is 2.76. The Morgan fingerprint density at radius 1 is 1.29 bits per heavy atom. The van der Waals surface area contributed by atoms with Crippen LogP contribution in [0.1, 0.15) is 43.4 Å². The minimum absolute atomic E-state index is 0.0390. The number of benzene rings is 1. The van der Waals surface area contributed by atoms with Crippen LogP contribution in [0.15, 0.2) is 18.2 Å². The number of rotatable bonds is 4. The first-order valence-electron chi connectivity index (χ1n) is 6.59. The molecule has 0 atom stereocenters. The first kappa shape index (κ1) is 15.4. The number of carbonyl (C=O) groups is 2. The van der Waals surface area contributed by atoms with E-state index in [0.717, 1.165) is 4.70 Å². The van der Waals surface area contributed by atoms with Gasteiger partial charge in [0, 0.05) is 6.42 Å². The molecule has 1 heterocycles. The fourth-order valence-corrected chi connectivity index (χ4v) is 2.71. The number of phenolic OH excluding ortho intramolecular Hbond substituents is 1. The molecule has 0 amide bonds. The summed E-state index contributed by atoms with van der Waals surface area (Å²) in [5.74, 6) is -0.449. The summed E-state index contributed by atoms with van der Waals surface area (Å²) in [6.45, 7) is 5.35. The molecular weight excluding hydrogens is 290 g/mol. The van der Waals surface area contributed by atoms with Gasteiger partial charge in [-0.2, -0.15) is 0 Å². The first-order chi connectivity index (χ1) is 9.74. The Bertz CT molecular complexity index is 685. The number of thiazole rings is 1. The van der Waals surface area contributed by atoms with E-state index in [1.165, 1.54) is 17.4 Å². The Hall–Kier alpha value is -1.95. The molecular formula is C15H17NO4S. The van der Waals surface area contributed by atoms with Gasteiger partial charge in [0.25, 0.3) is 0 Å². The lowest BCUT2D eigenvalue weighted by Crippen LogP contribution is -2.24. The van der Waals surface area contributed by atoms with Crippen molar-refractivity contribution >= 4 is 33.3 Å². The monoisotopic (exact) mass is 307 g/mol. The molecule has 0 aliphatic rings. The van der Waals surface area contributed by atoms with Gasteiger partial charge in [0.15, 0.2) is 10.8 Å². The number of carbonyl (C=O) groups excluding carboxylic acids is 2. The Kier molecular flexibility index (Phi) is 4.27. The molecule has 6 heteroatoms. The summed E-state index contributed by atoms with van der Waals surface area (Å²) in [5.41, 5.74) is 0.117. The highest BCUT2D eigenvalue weighted by Crippen LogP contribution is 2.26. The zero-order valence-corrected chi connectivity index (χ0v) is 13.0. The van der Waals surface area contributed by atoms with E-state index in [0.29, 0.717) is 10.5 Å². The fraction of sp³-hybridized carbons (Fsp3) is 0.400. The average molecular weight is 307 g/mol. The summed E-state index contributed by atoms with van der Waals surface area (Å²) in [7, 11) is 0. The molecule has 0 saturated carbocycles. The quantitative estimate of drug-likeness (QED) is 0.692. The Morgan fingerprint density at radius 2 is 2.00 bits per heavy atom. The smallest absolute Gasteiger partial charge is 0.306 e. The normalized spacial score (nSPS) is 11.6. The molecule has 0 radical (unpaired) electrons. The van der Waals surface area contributed by atoms with Crippen LogP contribution in [-0.2, 0) is 9.53 Å². The van der Waals surface area contributed by atoms with Crippen molar-refractivity contribution in [1.29, 1.82) is 0 Å². The highest BCUT2D eigenvalue weighted by atomic mass is 32.1. The van der Waals surface area contributed by atoms with E-state index in [-0.39, 0.29) is 24.4 Å². The van der Waals surface area contributed by atoms with Crippen LogP contribution in [0.4, 0.5) is 0 Å². The molecule has 1 aromatic carbocycles. The molecule has 21 heavy (non-hydrogen) atoms. The van der Waals surface area contributed by atoms with Crippen LogP contribution in [0.3, 0.4) is 0 Å². The zero-order valence-electron chi connectivity index (χ0n) is 12.2. The second kappa shape index (κ2) is 5.81. The number of Topliss-reactive ketones (excluding diaryl/α,β-unsaturated/α-hetero) is 1. The van der Waals surface area contributed by atoms with Crippen molar-refractivity contribution in [3.63, 3.8) is 0 Å². The van der Waals surface area contributed by atoms with Gasteiger partial charge in [0.2, 0.25) is 0 Å². The van der Waals surface area contributed by atoms with Crippen molar-refractivity contribution < 1.29 is 19.4 Å². The van der Waals surface area contributed by atoms with Crippen LogP contribution in [0, 0.1) is 0 Å². The Balaban J connectivity index is 2.01. The summed E-state index contributed by atoms with van der Waals surface area (Å²) in [5, 5.41) is 9.74. The van der Waals surface area contributed by atoms with Crippen molar-refractivity contribution in [2.45, 2.75) is 39.2 Å². The van der Waals surface area contributed by atoms with Crippen molar-refractivity contribution in [2.24, 2.45) is 0 Å². The summed E-state index contributed by atoms with van der Waals surface area (Å²) in [4.78, 5) is 27.8. The van der Waals surface area contributed by atoms with E-state index in [9.17, 15) is 14.7 Å². The predicted octanol–water partition coefficient (Wildman–Crippen LogP) is 3.31. The van der Waals surface area contributed by atoms with Crippen molar-refractivity contribution in [1.82, 2.24) is 4.98 Å². The minimum atomic E-state index is -0.548. The molecule has 0 saturated heterocycles. The van der Waals surface area contributed by atoms with Crippen LogP contribution in [0.2, 0.25) is 0 Å². The van der Waals surface area contributed by atoms with Crippen LogP contribution < -0.4 is 0 Å². The van der Waals surface area contributed by atoms with Gasteiger partial charge < -0.3 is 9.84 Å². The molecule has 2 aromatic rings. The number of ketones is 1. The standard InChI is InChI=1S/C15H17NO4S/c1-15(2,3)20-13(19)7-6-11(18)14-16-10-5-4-9(17)8-12(10)21-14/h4-5,8,17H,6-7H2,1-3H3. The van der Waals surface area contributed by atoms with Gasteiger partial charge >= 0.3 is 5.97 Å². The highest BCUT2D eigenvalue weighted by molar-refractivity contribution is 7.20. The van der Waals surface area contributed by atoms with Crippen LogP contribution in [-0.4, -0.2) is 27.4 Å². The molecule has 0 unspecified atom stereocenters. The summed E-state index contributed by atoms with van der Waals surface area (Å²) < 4.78 is 5.90. The van der Waals surface area contributed by atoms with Crippen molar-refractivity contribution in [3.8, 4) is 5.75 Å². The highest BCUT2D eigenvalue weighted by Gasteiger charge is 2.19. The first-order valence-corrected chi connectivity index (χ1v) is 7.41. The van der Waals surface area contributed by atoms with Crippen molar-refractivity contribution in [2.75, 3.05) is 0 Å². The van der Waals surface area contributed by atoms with Gasteiger partial charge in [-0.25, -0.2) is 4.98 Å². The number of ether oxygens (including phenoxy) is 1. The second-order valence-corrected chi connectivity index (χ2v) is 6.71. The van der Waals surface area contributed by atoms with Gasteiger partial charge in [0.05, 0.1) is 16.6 Å². The topological polar surface area (TPSA) is 76.5 Å². The van der Waals surface area contributed by atoms with E-state index in [1.807, 2.05) is 0 Å². The SMILES string of the molecule is CC(C)(C)OC(=O)CCC(=O)c1nc2ccc(O)cc2s1. The van der Waals surface area contributed by atoms with E-state index in [2.05, 4.69) is 4.98 Å². The van der Waals surface area contributed by atoms with Crippen LogP contribution >= 0.6 is 11.3 Å². The molecule has 2 rings (SSSR count). The van der Waals surface area contributed by atoms with E-state index in [4.69, 9.17) is 4.74 Å². The number of aromatic nitrogens is 1. The van der Waals surface area contributed by atoms with E-state index in [1.54, 1.807) is 32.9 Å². The second-order valence-electron chi connectivity index (χ2n) is 5.68. The molecule has 1 aromatic heterocycles. The number of esters is 1. The molecule has 112 valence electrons. The maximum Gasteiger partial charge on any atom is 0.306 e. The maximum atomic E-state index is 12.0. The minimum Gasteiger partial charge on any atom is -0.508 e. The summed E-state index contributed by atoms with van der Waals surface area (Å²) in [6.07, 6.45) is 0.109. The fourth-order valence-electron chi connectivity index (χ4n) is 1.75. The lowest BCUT2D eigenvalue weighted by molar-refractivity contribution is -0.154. The number of fused-ring (bicyclic) bond motifs is 1. The van der Waals surface area contributed by atoms with Gasteiger partial charge in [-0.1, -0.05) is 0 Å². The molecule has 0 bridgehead atoms. The molecule has 1 N–H and O–H groups in total. The van der Waals surface area contributed by atoms with E-state index < -0.39 is 11.6 Å². The van der Waals surface area contributed by atoms with Crippen LogP contribution in [0.25, 0.3) is 10.2 Å². The number of hydrogen-bond acceptors (Lipinski definition) is 6. The molecule has 0 spiro atoms. The third kappa shape index (κ3) is 4.26. The number of hydrogen-bond donors (Lipinski definition) is 1. The molecule has 0 aliphatic carbocycles. The lowest BCUT2D eigenvalue weighted by atomic mass is 10.2. The Labute approximate surface area is 126 Å². The predicted molar refractivity (Wildman–Crippen MR) is 80.7 cm³/mol. The van der Waals surface area contributed by atoms with Gasteiger partial charge in [-0.15, -0.1) is 11.3 Å². The Morgan fingerprint density at radius 3 is 2.67 bits per heavy atom. The maximum absolute atomic E-state index is 12.0. The summed E-state index contributed by atoms with van der Waals surface area (Å²) in [6, 6.07) is 4.75. The van der Waals surface area contributed by atoms with Gasteiger partial charge in [-0.3, -0.25) is 9.59 Å². The number of aromatic hydroxyl groups is 1. The number of phenols is 1. The molecule has 5 nitrogen and oxygen atoms in total. The number of nitrogens with zero attached hydrogens (tertiary/aromatic N) is 1. The third-order valence-corrected chi connectivity index (χ3v) is 3.65. The van der Waals surface area contributed by atoms with Crippen molar-refractivity contribution in [3.05, 3.63) is 23.2 Å². The zero-order chi connectivity index (χ0) is 15.6. The largest absolute Gasteiger partial charge is 0.508 e. The van der Waals surface area contributed by atoms with Gasteiger partial charge in [-0.05, 0) is 39.0 Å². The van der Waals surface area contributed by atoms with Gasteiger partial charge in [0.1, 0.15) is 11.4 Å². The van der Waals surface area contributed by atoms with E-state index >= 15 is 0 Å². The summed E-state index contributed by atoms with van der Waals surface area (Å²) >= 11 is 1.21. The molecule has 0 aliphatic heterocycles.